The fourth-order valence-electron chi connectivity index (χ4n) is 3.87. The van der Waals surface area contributed by atoms with Gasteiger partial charge in [-0.1, -0.05) is 30.3 Å². The summed E-state index contributed by atoms with van der Waals surface area (Å²) in [7, 11) is 0. The standard InChI is InChI=1S/C23H23N5O2S2/c1-14-19(28-12-13-31-23(28)25-14)21(29)24-10-11-27(17-8-9-17)22(30)18-20(32-15(2)26-18)16-6-4-3-5-7-16/h3-7,12-13,17H,8-11H2,1-2H3,(H,24,29). The molecule has 7 nitrogen and oxygen atoms in total. The van der Waals surface area contributed by atoms with E-state index in [0.717, 1.165) is 33.3 Å². The summed E-state index contributed by atoms with van der Waals surface area (Å²) in [5.74, 6) is -0.239. The Hall–Kier alpha value is -3.04. The molecule has 5 rings (SSSR count). The van der Waals surface area contributed by atoms with Gasteiger partial charge in [0.05, 0.1) is 15.6 Å². The summed E-state index contributed by atoms with van der Waals surface area (Å²) in [4.78, 5) is 38.9. The van der Waals surface area contributed by atoms with E-state index in [-0.39, 0.29) is 17.9 Å². The number of aryl methyl sites for hydroxylation is 2. The summed E-state index contributed by atoms with van der Waals surface area (Å²) in [6.07, 6.45) is 3.83. The Kier molecular flexibility index (Phi) is 5.52. The molecule has 1 fully saturated rings. The molecule has 0 radical (unpaired) electrons. The van der Waals surface area contributed by atoms with Gasteiger partial charge in [0.2, 0.25) is 0 Å². The molecule has 1 aromatic carbocycles. The lowest BCUT2D eigenvalue weighted by Gasteiger charge is -2.22. The topological polar surface area (TPSA) is 79.6 Å². The van der Waals surface area contributed by atoms with Crippen molar-refractivity contribution >= 4 is 39.4 Å². The highest BCUT2D eigenvalue weighted by Crippen LogP contribution is 2.34. The number of carbonyl (C=O) groups excluding carboxylic acids is 2. The maximum atomic E-state index is 13.5. The Morgan fingerprint density at radius 3 is 2.72 bits per heavy atom. The molecule has 0 atom stereocenters. The predicted molar refractivity (Wildman–Crippen MR) is 126 cm³/mol. The minimum atomic E-state index is -0.175. The van der Waals surface area contributed by atoms with E-state index in [1.165, 1.54) is 22.7 Å². The van der Waals surface area contributed by atoms with Crippen LogP contribution in [0.2, 0.25) is 0 Å². The molecule has 3 aromatic heterocycles. The first-order valence-electron chi connectivity index (χ1n) is 10.6. The van der Waals surface area contributed by atoms with Crippen molar-refractivity contribution in [3.05, 3.63) is 64.0 Å². The molecular weight excluding hydrogens is 442 g/mol. The second-order valence-corrected chi connectivity index (χ2v) is 9.94. The normalized spacial score (nSPS) is 13.4. The van der Waals surface area contributed by atoms with Crippen LogP contribution in [0.4, 0.5) is 0 Å². The summed E-state index contributed by atoms with van der Waals surface area (Å²) in [5, 5.41) is 5.75. The number of imidazole rings is 1. The van der Waals surface area contributed by atoms with E-state index in [1.807, 2.05) is 65.1 Å². The zero-order chi connectivity index (χ0) is 22.2. The van der Waals surface area contributed by atoms with Crippen molar-refractivity contribution in [3.63, 3.8) is 0 Å². The molecule has 3 heterocycles. The van der Waals surface area contributed by atoms with Gasteiger partial charge >= 0.3 is 0 Å². The van der Waals surface area contributed by atoms with Gasteiger partial charge in [-0.2, -0.15) is 0 Å². The average molecular weight is 466 g/mol. The first-order valence-corrected chi connectivity index (χ1v) is 12.3. The molecule has 1 saturated carbocycles. The van der Waals surface area contributed by atoms with Gasteiger partial charge < -0.3 is 10.2 Å². The number of benzene rings is 1. The van der Waals surface area contributed by atoms with E-state index in [1.54, 1.807) is 0 Å². The SMILES string of the molecule is Cc1nc(C(=O)N(CCNC(=O)c2c(C)nc3sccn23)C2CC2)c(-c2ccccc2)s1. The number of aromatic nitrogens is 3. The van der Waals surface area contributed by atoms with E-state index >= 15 is 0 Å². The van der Waals surface area contributed by atoms with Crippen molar-refractivity contribution in [2.75, 3.05) is 13.1 Å². The molecule has 9 heteroatoms. The van der Waals surface area contributed by atoms with Crippen LogP contribution >= 0.6 is 22.7 Å². The van der Waals surface area contributed by atoms with E-state index < -0.39 is 0 Å². The van der Waals surface area contributed by atoms with Crippen molar-refractivity contribution in [1.29, 1.82) is 0 Å². The predicted octanol–water partition coefficient (Wildman–Crippen LogP) is 4.17. The number of nitrogens with one attached hydrogen (secondary N) is 1. The molecule has 0 unspecified atom stereocenters. The molecule has 1 aliphatic rings. The Morgan fingerprint density at radius 1 is 1.19 bits per heavy atom. The average Bonchev–Trinajstić information content (AvgIpc) is 3.27. The van der Waals surface area contributed by atoms with Crippen LogP contribution in [0.25, 0.3) is 15.4 Å². The molecule has 2 amide bonds. The molecular formula is C23H23N5O2S2. The van der Waals surface area contributed by atoms with Crippen LogP contribution in [0.5, 0.6) is 0 Å². The molecule has 4 aromatic rings. The maximum Gasteiger partial charge on any atom is 0.274 e. The van der Waals surface area contributed by atoms with Crippen molar-refractivity contribution in [1.82, 2.24) is 24.6 Å². The first-order chi connectivity index (χ1) is 15.5. The van der Waals surface area contributed by atoms with Gasteiger partial charge in [0.25, 0.3) is 11.8 Å². The van der Waals surface area contributed by atoms with Gasteiger partial charge in [-0.25, -0.2) is 9.97 Å². The summed E-state index contributed by atoms with van der Waals surface area (Å²) < 4.78 is 1.81. The summed E-state index contributed by atoms with van der Waals surface area (Å²) in [6, 6.07) is 10.1. The number of carbonyl (C=O) groups is 2. The van der Waals surface area contributed by atoms with Crippen LogP contribution in [-0.2, 0) is 0 Å². The monoisotopic (exact) mass is 465 g/mol. The third-order valence-electron chi connectivity index (χ3n) is 5.51. The molecule has 0 spiro atoms. The quantitative estimate of drug-likeness (QED) is 0.444. The highest BCUT2D eigenvalue weighted by atomic mass is 32.1. The van der Waals surface area contributed by atoms with Crippen LogP contribution < -0.4 is 5.32 Å². The molecule has 0 saturated heterocycles. The Morgan fingerprint density at radius 2 is 1.97 bits per heavy atom. The van der Waals surface area contributed by atoms with Gasteiger partial charge in [-0.15, -0.1) is 22.7 Å². The minimum absolute atomic E-state index is 0.0642. The van der Waals surface area contributed by atoms with Gasteiger partial charge in [-0.05, 0) is 32.3 Å². The molecule has 0 bridgehead atoms. The van der Waals surface area contributed by atoms with Crippen LogP contribution in [-0.4, -0.2) is 50.2 Å². The highest BCUT2D eigenvalue weighted by Gasteiger charge is 2.35. The van der Waals surface area contributed by atoms with Crippen LogP contribution in [0, 0.1) is 13.8 Å². The van der Waals surface area contributed by atoms with Crippen molar-refractivity contribution < 1.29 is 9.59 Å². The fraction of sp³-hybridized carbons (Fsp3) is 0.304. The zero-order valence-electron chi connectivity index (χ0n) is 17.9. The van der Waals surface area contributed by atoms with Crippen molar-refractivity contribution in [3.8, 4) is 10.4 Å². The number of amides is 2. The zero-order valence-corrected chi connectivity index (χ0v) is 19.5. The van der Waals surface area contributed by atoms with Gasteiger partial charge in [0, 0.05) is 30.7 Å². The Labute approximate surface area is 193 Å². The van der Waals surface area contributed by atoms with Gasteiger partial charge in [0.15, 0.2) is 4.96 Å². The third-order valence-corrected chi connectivity index (χ3v) is 7.29. The van der Waals surface area contributed by atoms with Gasteiger partial charge in [0.1, 0.15) is 11.4 Å². The second kappa shape index (κ2) is 8.48. The lowest BCUT2D eigenvalue weighted by atomic mass is 10.1. The minimum Gasteiger partial charge on any atom is -0.349 e. The van der Waals surface area contributed by atoms with Crippen LogP contribution in [0.1, 0.15) is 44.5 Å². The summed E-state index contributed by atoms with van der Waals surface area (Å²) in [5.41, 5.74) is 2.76. The van der Waals surface area contributed by atoms with E-state index in [0.29, 0.717) is 30.2 Å². The highest BCUT2D eigenvalue weighted by molar-refractivity contribution is 7.15. The smallest absolute Gasteiger partial charge is 0.274 e. The summed E-state index contributed by atoms with van der Waals surface area (Å²) in [6.45, 7) is 4.59. The molecule has 32 heavy (non-hydrogen) atoms. The Balaban J connectivity index is 1.31. The number of thiazole rings is 2. The fourth-order valence-corrected chi connectivity index (χ4v) is 5.55. The second-order valence-electron chi connectivity index (χ2n) is 7.86. The third kappa shape index (κ3) is 3.93. The molecule has 164 valence electrons. The lowest BCUT2D eigenvalue weighted by molar-refractivity contribution is 0.0731. The van der Waals surface area contributed by atoms with Gasteiger partial charge in [-0.3, -0.25) is 14.0 Å². The van der Waals surface area contributed by atoms with E-state index in [4.69, 9.17) is 0 Å². The first kappa shape index (κ1) is 20.8. The van der Waals surface area contributed by atoms with E-state index in [2.05, 4.69) is 15.3 Å². The number of rotatable bonds is 7. The van der Waals surface area contributed by atoms with Crippen LogP contribution in [0.15, 0.2) is 41.9 Å². The maximum absolute atomic E-state index is 13.5. The molecule has 1 aliphatic carbocycles. The number of hydrogen-bond acceptors (Lipinski definition) is 6. The Bertz CT molecular complexity index is 1290. The lowest BCUT2D eigenvalue weighted by Crippen LogP contribution is -2.40. The summed E-state index contributed by atoms with van der Waals surface area (Å²) >= 11 is 3.04. The number of fused-ring (bicyclic) bond motifs is 1. The van der Waals surface area contributed by atoms with Crippen molar-refractivity contribution in [2.24, 2.45) is 0 Å². The van der Waals surface area contributed by atoms with E-state index in [9.17, 15) is 9.59 Å². The molecule has 1 N–H and O–H groups in total. The number of nitrogens with zero attached hydrogens (tertiary/aromatic N) is 4. The largest absolute Gasteiger partial charge is 0.349 e. The molecule has 0 aliphatic heterocycles. The number of hydrogen-bond donors (Lipinski definition) is 1. The van der Waals surface area contributed by atoms with Crippen LogP contribution in [0.3, 0.4) is 0 Å². The van der Waals surface area contributed by atoms with Crippen molar-refractivity contribution in [2.45, 2.75) is 32.7 Å².